The standard InChI is InChI=1S/C14H17N5O/c1-18-10-16-17-13(18)11-5-4-8-19(9-11)14(20)12-6-2-3-7-15-12/h2-3,6-7,10-11H,4-5,8-9H2,1H3. The average Bonchev–Trinajstić information content (AvgIpc) is 2.94. The van der Waals surface area contributed by atoms with Gasteiger partial charge in [-0.05, 0) is 25.0 Å². The molecular weight excluding hydrogens is 254 g/mol. The quantitative estimate of drug-likeness (QED) is 0.824. The number of nitrogens with zero attached hydrogens (tertiary/aromatic N) is 5. The van der Waals surface area contributed by atoms with Gasteiger partial charge in [0.05, 0.1) is 0 Å². The summed E-state index contributed by atoms with van der Waals surface area (Å²) in [5, 5.41) is 8.09. The minimum absolute atomic E-state index is 0.00234. The highest BCUT2D eigenvalue weighted by atomic mass is 16.2. The first-order valence-corrected chi connectivity index (χ1v) is 6.80. The van der Waals surface area contributed by atoms with Gasteiger partial charge in [-0.3, -0.25) is 9.78 Å². The fourth-order valence-corrected chi connectivity index (χ4v) is 2.69. The molecule has 0 bridgehead atoms. The first-order valence-electron chi connectivity index (χ1n) is 6.80. The number of hydrogen-bond acceptors (Lipinski definition) is 4. The van der Waals surface area contributed by atoms with Crippen LogP contribution in [-0.4, -0.2) is 43.6 Å². The number of carbonyl (C=O) groups excluding carboxylic acids is 1. The fourth-order valence-electron chi connectivity index (χ4n) is 2.69. The van der Waals surface area contributed by atoms with Crippen LogP contribution in [0.3, 0.4) is 0 Å². The van der Waals surface area contributed by atoms with Gasteiger partial charge in [-0.1, -0.05) is 6.07 Å². The highest BCUT2D eigenvalue weighted by Gasteiger charge is 2.28. The second kappa shape index (κ2) is 5.40. The zero-order valence-corrected chi connectivity index (χ0v) is 11.4. The van der Waals surface area contributed by atoms with E-state index in [1.807, 2.05) is 28.6 Å². The van der Waals surface area contributed by atoms with E-state index in [4.69, 9.17) is 0 Å². The first kappa shape index (κ1) is 12.8. The molecule has 2 aromatic rings. The Morgan fingerprint density at radius 3 is 3.00 bits per heavy atom. The van der Waals surface area contributed by atoms with Crippen molar-refractivity contribution in [2.75, 3.05) is 13.1 Å². The maximum absolute atomic E-state index is 12.4. The number of likely N-dealkylation sites (tertiary alicyclic amines) is 1. The van der Waals surface area contributed by atoms with E-state index in [9.17, 15) is 4.79 Å². The van der Waals surface area contributed by atoms with Gasteiger partial charge in [0.25, 0.3) is 5.91 Å². The van der Waals surface area contributed by atoms with Gasteiger partial charge >= 0.3 is 0 Å². The molecule has 0 saturated carbocycles. The zero-order chi connectivity index (χ0) is 13.9. The third-order valence-electron chi connectivity index (χ3n) is 3.70. The summed E-state index contributed by atoms with van der Waals surface area (Å²) in [5.41, 5.74) is 0.506. The van der Waals surface area contributed by atoms with Gasteiger partial charge in [0, 0.05) is 32.3 Å². The molecule has 1 saturated heterocycles. The summed E-state index contributed by atoms with van der Waals surface area (Å²) in [4.78, 5) is 18.4. The van der Waals surface area contributed by atoms with Crippen LogP contribution in [0, 0.1) is 0 Å². The number of amides is 1. The number of hydrogen-bond donors (Lipinski definition) is 0. The van der Waals surface area contributed by atoms with Crippen LogP contribution in [0.4, 0.5) is 0 Å². The Balaban J connectivity index is 1.76. The lowest BCUT2D eigenvalue weighted by atomic mass is 9.97. The molecule has 0 aromatic carbocycles. The van der Waals surface area contributed by atoms with Crippen LogP contribution < -0.4 is 0 Å². The van der Waals surface area contributed by atoms with Gasteiger partial charge in [0.1, 0.15) is 17.8 Å². The Morgan fingerprint density at radius 1 is 1.40 bits per heavy atom. The van der Waals surface area contributed by atoms with Crippen molar-refractivity contribution in [2.24, 2.45) is 7.05 Å². The summed E-state index contributed by atoms with van der Waals surface area (Å²) in [6.45, 7) is 1.46. The lowest BCUT2D eigenvalue weighted by Gasteiger charge is -2.31. The van der Waals surface area contributed by atoms with E-state index in [0.29, 0.717) is 12.2 Å². The molecule has 6 nitrogen and oxygen atoms in total. The van der Waals surface area contributed by atoms with Crippen LogP contribution in [0.1, 0.15) is 35.1 Å². The van der Waals surface area contributed by atoms with E-state index in [1.165, 1.54) is 0 Å². The molecule has 1 amide bonds. The average molecular weight is 271 g/mol. The predicted molar refractivity (Wildman–Crippen MR) is 73.1 cm³/mol. The molecule has 1 unspecified atom stereocenters. The van der Waals surface area contributed by atoms with Crippen LogP contribution in [0.2, 0.25) is 0 Å². The lowest BCUT2D eigenvalue weighted by Crippen LogP contribution is -2.40. The van der Waals surface area contributed by atoms with Gasteiger partial charge in [-0.25, -0.2) is 0 Å². The number of carbonyl (C=O) groups is 1. The molecule has 1 aliphatic rings. The van der Waals surface area contributed by atoms with Crippen molar-refractivity contribution >= 4 is 5.91 Å². The number of pyridine rings is 1. The highest BCUT2D eigenvalue weighted by Crippen LogP contribution is 2.25. The largest absolute Gasteiger partial charge is 0.337 e. The molecule has 1 fully saturated rings. The summed E-state index contributed by atoms with van der Waals surface area (Å²) in [7, 11) is 1.94. The molecule has 3 heterocycles. The fraction of sp³-hybridized carbons (Fsp3) is 0.429. The molecule has 1 aliphatic heterocycles. The number of rotatable bonds is 2. The van der Waals surface area contributed by atoms with E-state index in [1.54, 1.807) is 18.6 Å². The molecule has 2 aromatic heterocycles. The van der Waals surface area contributed by atoms with Crippen molar-refractivity contribution in [3.8, 4) is 0 Å². The third kappa shape index (κ3) is 2.41. The summed E-state index contributed by atoms with van der Waals surface area (Å²) < 4.78 is 1.93. The number of piperidine rings is 1. The Bertz CT molecular complexity index is 595. The number of aryl methyl sites for hydroxylation is 1. The van der Waals surface area contributed by atoms with E-state index in [0.717, 1.165) is 25.2 Å². The van der Waals surface area contributed by atoms with Crippen molar-refractivity contribution in [3.05, 3.63) is 42.2 Å². The second-order valence-electron chi connectivity index (χ2n) is 5.11. The first-order chi connectivity index (χ1) is 9.75. The Morgan fingerprint density at radius 2 is 2.30 bits per heavy atom. The lowest BCUT2D eigenvalue weighted by molar-refractivity contribution is 0.0697. The summed E-state index contributed by atoms with van der Waals surface area (Å²) in [5.74, 6) is 1.20. The summed E-state index contributed by atoms with van der Waals surface area (Å²) in [6.07, 6.45) is 5.38. The molecule has 104 valence electrons. The van der Waals surface area contributed by atoms with Crippen molar-refractivity contribution in [3.63, 3.8) is 0 Å². The molecule has 0 spiro atoms. The Hall–Kier alpha value is -2.24. The van der Waals surface area contributed by atoms with E-state index >= 15 is 0 Å². The predicted octanol–water partition coefficient (Wildman–Crippen LogP) is 1.23. The molecule has 0 radical (unpaired) electrons. The normalized spacial score (nSPS) is 19.1. The Labute approximate surface area is 117 Å². The summed E-state index contributed by atoms with van der Waals surface area (Å²) in [6, 6.07) is 5.41. The minimum Gasteiger partial charge on any atom is -0.337 e. The molecule has 0 aliphatic carbocycles. The second-order valence-corrected chi connectivity index (χ2v) is 5.11. The zero-order valence-electron chi connectivity index (χ0n) is 11.4. The van der Waals surface area contributed by atoms with Crippen molar-refractivity contribution < 1.29 is 4.79 Å². The van der Waals surface area contributed by atoms with Crippen LogP contribution >= 0.6 is 0 Å². The van der Waals surface area contributed by atoms with E-state index in [2.05, 4.69) is 15.2 Å². The van der Waals surface area contributed by atoms with Crippen molar-refractivity contribution in [1.29, 1.82) is 0 Å². The topological polar surface area (TPSA) is 63.9 Å². The molecule has 0 N–H and O–H groups in total. The molecule has 6 heteroatoms. The van der Waals surface area contributed by atoms with E-state index in [-0.39, 0.29) is 11.8 Å². The van der Waals surface area contributed by atoms with Gasteiger partial charge in [0.15, 0.2) is 0 Å². The van der Waals surface area contributed by atoms with Crippen LogP contribution in [0.25, 0.3) is 0 Å². The maximum atomic E-state index is 12.4. The third-order valence-corrected chi connectivity index (χ3v) is 3.70. The van der Waals surface area contributed by atoms with E-state index < -0.39 is 0 Å². The smallest absolute Gasteiger partial charge is 0.272 e. The highest BCUT2D eigenvalue weighted by molar-refractivity contribution is 5.92. The monoisotopic (exact) mass is 271 g/mol. The minimum atomic E-state index is -0.00234. The Kier molecular flexibility index (Phi) is 3.45. The maximum Gasteiger partial charge on any atom is 0.272 e. The SMILES string of the molecule is Cn1cnnc1C1CCCN(C(=O)c2ccccn2)C1. The van der Waals surface area contributed by atoms with Crippen LogP contribution in [0.15, 0.2) is 30.7 Å². The molecule has 20 heavy (non-hydrogen) atoms. The van der Waals surface area contributed by atoms with Gasteiger partial charge in [-0.2, -0.15) is 0 Å². The van der Waals surface area contributed by atoms with Crippen molar-refractivity contribution in [2.45, 2.75) is 18.8 Å². The molecule has 3 rings (SSSR count). The van der Waals surface area contributed by atoms with Crippen LogP contribution in [-0.2, 0) is 7.05 Å². The van der Waals surface area contributed by atoms with Crippen molar-refractivity contribution in [1.82, 2.24) is 24.6 Å². The van der Waals surface area contributed by atoms with Gasteiger partial charge < -0.3 is 9.47 Å². The number of aromatic nitrogens is 4. The molecular formula is C14H17N5O. The van der Waals surface area contributed by atoms with Gasteiger partial charge in [-0.15, -0.1) is 10.2 Å². The van der Waals surface area contributed by atoms with Crippen LogP contribution in [0.5, 0.6) is 0 Å². The summed E-state index contributed by atoms with van der Waals surface area (Å²) >= 11 is 0. The molecule has 1 atom stereocenters. The van der Waals surface area contributed by atoms with Gasteiger partial charge in [0.2, 0.25) is 0 Å².